The number of aliphatic hydroxyl groups is 3. The average Bonchev–Trinajstić information content (AvgIpc) is 1.69. The van der Waals surface area contributed by atoms with E-state index in [0.29, 0.717) is 134 Å². The maximum atomic E-state index is 14.5. The molecule has 0 radical (unpaired) electrons. The van der Waals surface area contributed by atoms with Crippen molar-refractivity contribution in [3.63, 3.8) is 0 Å². The molecule has 0 bridgehead atoms. The Morgan fingerprint density at radius 2 is 0.788 bits per heavy atom. The molecule has 18 rings (SSSR count). The Balaban J connectivity index is 0.000000158. The molecule has 606 valence electrons. The van der Waals surface area contributed by atoms with Crippen LogP contribution in [0.25, 0.3) is 33.2 Å². The number of hydrogen-bond acceptors (Lipinski definition) is 23. The SMILES string of the molecule is CCc1ncn2c(CCc3c(F)ccc4c3CCO4)ncc(Br)c12.Cc1ncc(-c2cnc(CCc3c(F)ccc4c3CCO4)n3cnc(CO)c23)c(C)n1.Cc1ncc(B(O)O)c(C)n1.O=C=O.OCc1ncn2c(CCc3c(F)ccc4c3CCO4)ncc(Br)c12.OCc1ncn2c(CCc3c(F)ccc4c3CCO4)nccc12.[AlH3].[H-].[Li+]. The Morgan fingerprint density at radius 1 is 0.441 bits per heavy atom. The number of aromatic nitrogens is 16. The summed E-state index contributed by atoms with van der Waals surface area (Å²) < 4.78 is 88.7. The molecule has 5 N–H and O–H groups in total. The van der Waals surface area contributed by atoms with E-state index < -0.39 is 7.12 Å². The van der Waals surface area contributed by atoms with Gasteiger partial charge in [0.05, 0.1) is 100 Å². The van der Waals surface area contributed by atoms with E-state index in [9.17, 15) is 32.9 Å². The molecule has 0 fully saturated rings. The van der Waals surface area contributed by atoms with Gasteiger partial charge in [-0.05, 0) is 169 Å². The van der Waals surface area contributed by atoms with Gasteiger partial charge in [0.1, 0.15) is 107 Å². The number of fused-ring (bicyclic) bond motifs is 8. The maximum Gasteiger partial charge on any atom is 1.00 e. The number of halogens is 6. The van der Waals surface area contributed by atoms with Crippen LogP contribution in [0.2, 0.25) is 0 Å². The molecule has 118 heavy (non-hydrogen) atoms. The van der Waals surface area contributed by atoms with Gasteiger partial charge in [-0.2, -0.15) is 9.59 Å². The van der Waals surface area contributed by atoms with Crippen molar-refractivity contribution >= 4 is 90.0 Å². The Hall–Kier alpha value is -10.2. The number of hydrogen-bond donors (Lipinski definition) is 5. The van der Waals surface area contributed by atoms with Crippen LogP contribution in [0.1, 0.15) is 122 Å². The van der Waals surface area contributed by atoms with Gasteiger partial charge in [-0.3, -0.25) is 17.6 Å². The topological polar surface area (TPSA) is 345 Å². The maximum absolute atomic E-state index is 14.5. The molecule has 4 aromatic carbocycles. The van der Waals surface area contributed by atoms with Crippen LogP contribution in [0.15, 0.2) is 126 Å². The largest absolute Gasteiger partial charge is 1.00 e. The molecule has 4 aliphatic rings. The summed E-state index contributed by atoms with van der Waals surface area (Å²) in [6.45, 7) is 11.3. The molecule has 0 aliphatic carbocycles. The van der Waals surface area contributed by atoms with Crippen LogP contribution < -0.4 is 43.3 Å². The van der Waals surface area contributed by atoms with Gasteiger partial charge in [0.2, 0.25) is 0 Å². The number of ether oxygens (including phenoxy) is 4. The van der Waals surface area contributed by atoms with Crippen LogP contribution >= 0.6 is 31.9 Å². The fourth-order valence-electron chi connectivity index (χ4n) is 14.9. The summed E-state index contributed by atoms with van der Waals surface area (Å²) in [6, 6.07) is 14.5. The third-order valence-electron chi connectivity index (χ3n) is 20.4. The van der Waals surface area contributed by atoms with Crippen molar-refractivity contribution in [1.82, 2.24) is 77.4 Å². The van der Waals surface area contributed by atoms with Gasteiger partial charge in [-0.15, -0.1) is 0 Å². The third-order valence-corrected chi connectivity index (χ3v) is 21.6. The van der Waals surface area contributed by atoms with E-state index in [2.05, 4.69) is 98.6 Å². The molecule has 14 heterocycles. The zero-order chi connectivity index (χ0) is 81.8. The molecule has 0 spiro atoms. The molecule has 0 saturated carbocycles. The molecule has 10 aromatic heterocycles. The molecule has 36 heteroatoms. The summed E-state index contributed by atoms with van der Waals surface area (Å²) >= 11 is 6.99. The summed E-state index contributed by atoms with van der Waals surface area (Å²) in [5, 5.41) is 46.1. The quantitative estimate of drug-likeness (QED) is 0.0477. The minimum absolute atomic E-state index is 0. The third kappa shape index (κ3) is 19.4. The number of aliphatic hydroxyl groups excluding tert-OH is 3. The van der Waals surface area contributed by atoms with Crippen LogP contribution in [0, 0.1) is 51.0 Å². The second-order valence-corrected chi connectivity index (χ2v) is 28.9. The molecular weight excluding hydrogens is 1670 g/mol. The minimum atomic E-state index is -1.48. The molecular formula is C82H83AlBBr2F4LiN16O11. The molecule has 0 atom stereocenters. The summed E-state index contributed by atoms with van der Waals surface area (Å²) in [7, 11) is -1.48. The summed E-state index contributed by atoms with van der Waals surface area (Å²) in [5.74, 6) is 6.91. The van der Waals surface area contributed by atoms with Crippen molar-refractivity contribution in [2.45, 2.75) is 138 Å². The zero-order valence-corrected chi connectivity index (χ0v) is 68.0. The van der Waals surface area contributed by atoms with Crippen LogP contribution in [0.5, 0.6) is 23.0 Å². The molecule has 0 unspecified atom stereocenters. The van der Waals surface area contributed by atoms with Gasteiger partial charge in [0, 0.05) is 139 Å². The van der Waals surface area contributed by atoms with Gasteiger partial charge < -0.3 is 45.7 Å². The van der Waals surface area contributed by atoms with Crippen molar-refractivity contribution in [3.8, 4) is 34.1 Å². The standard InChI is InChI=1S/C23H22FN5O2.C18H17BrFN3O.C17H15BrFN3O2.C17H16FN3O2.C6H9BN2O2.CO2.Al.Li.4H/c1-13-17(9-25-14(2)28-13)18-10-26-22(29-12-27-20(11-30)23(18)29)6-3-15-16-7-8-31-21(16)5-4-19(15)24;1-2-15-18-13(19)9-21-17(23(18)10-22-15)6-3-11-12-7-8-24-16(12)5-4-14(11)20;18-12-7-20-16(22-9-21-14(8-23)17(12)22)4-1-10-11-5-6-24-15(11)3-2-13(10)19;18-13-2-3-16-12(6-8-23-16)11(13)1-4-17-19-7-5-15-14(9-22)20-10-21(15)17;1-4-6(7(10)11)3-8-5(2)9-4;2-1-3;;;;;;/h4-5,9-10,12,30H,3,6-8,11H2,1-2H3;4-5,9-10H,2-3,6-8H2,1H3;2-3,7,9,23H,1,4-6,8H2;2-3,5,7,10,22H,1,4,6,8-9H2;3,10-11H,1-2H3;;;;;;;/q;;;;;;;+1;;;;-1. The number of aryl methyl sites for hydroxylation is 9. The van der Waals surface area contributed by atoms with E-state index in [1.54, 1.807) is 94.4 Å². The first-order chi connectivity index (χ1) is 56.2. The van der Waals surface area contributed by atoms with Gasteiger partial charge in [0.15, 0.2) is 17.4 Å². The van der Waals surface area contributed by atoms with Crippen molar-refractivity contribution in [2.24, 2.45) is 0 Å². The predicted octanol–water partition coefficient (Wildman–Crippen LogP) is 6.11. The fourth-order valence-corrected chi connectivity index (χ4v) is 15.9. The van der Waals surface area contributed by atoms with E-state index in [1.807, 2.05) is 37.5 Å². The van der Waals surface area contributed by atoms with Crippen LogP contribution in [-0.4, -0.2) is 160 Å². The van der Waals surface area contributed by atoms with Gasteiger partial charge in [-0.1, -0.05) is 6.92 Å². The second kappa shape index (κ2) is 40.5. The number of carbonyl (C=O) groups excluding carboxylic acids is 2. The Bertz CT molecular complexity index is 5860. The van der Waals surface area contributed by atoms with Gasteiger partial charge in [-0.25, -0.2) is 77.4 Å². The van der Waals surface area contributed by atoms with E-state index >= 15 is 0 Å². The monoisotopic (exact) mass is 1750 g/mol. The zero-order valence-electron chi connectivity index (χ0n) is 65.8. The first-order valence-corrected chi connectivity index (χ1v) is 39.0. The number of rotatable bonds is 18. The van der Waals surface area contributed by atoms with E-state index in [0.717, 1.165) is 160 Å². The fraction of sp³-hybridized carbons (Fsp3) is 0.305. The second-order valence-electron chi connectivity index (χ2n) is 27.2. The summed E-state index contributed by atoms with van der Waals surface area (Å²) in [5.41, 5.74) is 16.4. The molecule has 0 saturated heterocycles. The van der Waals surface area contributed by atoms with Gasteiger partial charge in [0.25, 0.3) is 0 Å². The summed E-state index contributed by atoms with van der Waals surface area (Å²) in [6.07, 6.45) is 25.5. The average molecular weight is 1750 g/mol. The van der Waals surface area contributed by atoms with Crippen molar-refractivity contribution < 1.29 is 91.8 Å². The Morgan fingerprint density at radius 3 is 1.19 bits per heavy atom. The van der Waals surface area contributed by atoms with Crippen LogP contribution in [-0.2, 0) is 113 Å². The van der Waals surface area contributed by atoms with Gasteiger partial charge >= 0.3 is 32.1 Å². The minimum Gasteiger partial charge on any atom is -1.00 e. The van der Waals surface area contributed by atoms with E-state index in [4.69, 9.17) is 38.6 Å². The Labute approximate surface area is 715 Å². The van der Waals surface area contributed by atoms with E-state index in [1.165, 1.54) is 30.5 Å². The number of imidazole rings is 4. The molecule has 0 amide bonds. The van der Waals surface area contributed by atoms with Crippen molar-refractivity contribution in [3.05, 3.63) is 263 Å². The van der Waals surface area contributed by atoms with Crippen LogP contribution in [0.3, 0.4) is 0 Å². The summed E-state index contributed by atoms with van der Waals surface area (Å²) in [4.78, 5) is 68.0. The molecule has 27 nitrogen and oxygen atoms in total. The van der Waals surface area contributed by atoms with Crippen LogP contribution in [0.4, 0.5) is 17.6 Å². The van der Waals surface area contributed by atoms with Crippen molar-refractivity contribution in [2.75, 3.05) is 26.4 Å². The van der Waals surface area contributed by atoms with Crippen molar-refractivity contribution in [1.29, 1.82) is 0 Å². The first-order valence-electron chi connectivity index (χ1n) is 37.4. The normalized spacial score (nSPS) is 12.4. The smallest absolute Gasteiger partial charge is 1.00 e. The number of nitrogens with zero attached hydrogens (tertiary/aromatic N) is 16. The Kier molecular flexibility index (Phi) is 30.4. The number of benzene rings is 4. The van der Waals surface area contributed by atoms with E-state index in [-0.39, 0.29) is 86.9 Å². The molecule has 4 aliphatic heterocycles. The molecule has 14 aromatic rings. The first kappa shape index (κ1) is 88.6. The predicted molar refractivity (Wildman–Crippen MR) is 434 cm³/mol.